The van der Waals surface area contributed by atoms with Gasteiger partial charge in [0.15, 0.2) is 0 Å². The second-order valence-electron chi connectivity index (χ2n) is 3.90. The van der Waals surface area contributed by atoms with Crippen LogP contribution in [0.2, 0.25) is 0 Å². The Morgan fingerprint density at radius 3 is 2.80 bits per heavy atom. The van der Waals surface area contributed by atoms with E-state index in [0.717, 1.165) is 11.7 Å². The molecule has 2 rings (SSSR count). The first kappa shape index (κ1) is 11.1. The van der Waals surface area contributed by atoms with Crippen molar-refractivity contribution < 1.29 is 0 Å². The van der Waals surface area contributed by atoms with E-state index in [1.165, 1.54) is 32.1 Å². The van der Waals surface area contributed by atoms with E-state index in [1.807, 2.05) is 0 Å². The zero-order chi connectivity index (χ0) is 10.5. The van der Waals surface area contributed by atoms with E-state index in [-0.39, 0.29) is 0 Å². The lowest BCUT2D eigenvalue weighted by Gasteiger charge is -2.33. The van der Waals surface area contributed by atoms with Crippen LogP contribution in [0.15, 0.2) is 5.51 Å². The second kappa shape index (κ2) is 5.66. The number of nitrogens with zero attached hydrogens (tertiary/aromatic N) is 3. The van der Waals surface area contributed by atoms with Gasteiger partial charge in [0.05, 0.1) is 0 Å². The summed E-state index contributed by atoms with van der Waals surface area (Å²) in [6, 6.07) is 0.630. The van der Waals surface area contributed by atoms with Gasteiger partial charge in [-0.3, -0.25) is 0 Å². The maximum Gasteiger partial charge on any atom is 0.208 e. The van der Waals surface area contributed by atoms with Crippen LogP contribution >= 0.6 is 22.9 Å². The van der Waals surface area contributed by atoms with Gasteiger partial charge in [-0.2, -0.15) is 0 Å². The van der Waals surface area contributed by atoms with Crippen LogP contribution in [0, 0.1) is 0 Å². The van der Waals surface area contributed by atoms with Crippen molar-refractivity contribution in [2.75, 3.05) is 17.3 Å². The topological polar surface area (TPSA) is 29.0 Å². The van der Waals surface area contributed by atoms with E-state index in [1.54, 1.807) is 16.8 Å². The van der Waals surface area contributed by atoms with Gasteiger partial charge in [0.25, 0.3) is 0 Å². The van der Waals surface area contributed by atoms with Crippen molar-refractivity contribution in [2.24, 2.45) is 0 Å². The Kier molecular flexibility index (Phi) is 4.20. The molecule has 0 amide bonds. The molecule has 0 radical (unpaired) electrons. The van der Waals surface area contributed by atoms with E-state index in [0.29, 0.717) is 11.9 Å². The van der Waals surface area contributed by atoms with Crippen LogP contribution in [-0.4, -0.2) is 28.7 Å². The predicted molar refractivity (Wildman–Crippen MR) is 64.8 cm³/mol. The number of anilines is 1. The van der Waals surface area contributed by atoms with Crippen molar-refractivity contribution in [1.82, 2.24) is 10.2 Å². The summed E-state index contributed by atoms with van der Waals surface area (Å²) in [4.78, 5) is 2.34. The molecule has 1 aliphatic rings. The first-order chi connectivity index (χ1) is 7.42. The summed E-state index contributed by atoms with van der Waals surface area (Å²) in [6.45, 7) is 0.890. The molecule has 1 fully saturated rings. The summed E-state index contributed by atoms with van der Waals surface area (Å²) >= 11 is 7.46. The molecule has 1 saturated carbocycles. The maximum atomic E-state index is 5.85. The second-order valence-corrected chi connectivity index (χ2v) is 5.09. The van der Waals surface area contributed by atoms with Crippen molar-refractivity contribution in [2.45, 2.75) is 38.1 Å². The van der Waals surface area contributed by atoms with Gasteiger partial charge in [-0.15, -0.1) is 21.8 Å². The summed E-state index contributed by atoms with van der Waals surface area (Å²) in [5.74, 6) is 0.663. The van der Waals surface area contributed by atoms with Crippen molar-refractivity contribution in [3.05, 3.63) is 5.51 Å². The molecule has 1 aliphatic carbocycles. The molecular weight excluding hydrogens is 230 g/mol. The normalized spacial score (nSPS) is 17.9. The summed E-state index contributed by atoms with van der Waals surface area (Å²) in [5.41, 5.74) is 1.79. The fourth-order valence-electron chi connectivity index (χ4n) is 2.21. The van der Waals surface area contributed by atoms with Gasteiger partial charge < -0.3 is 4.90 Å². The van der Waals surface area contributed by atoms with E-state index in [4.69, 9.17) is 11.6 Å². The van der Waals surface area contributed by atoms with E-state index in [2.05, 4.69) is 15.1 Å². The third-order valence-corrected chi connectivity index (χ3v) is 3.83. The molecule has 15 heavy (non-hydrogen) atoms. The minimum atomic E-state index is 0.630. The molecule has 1 aromatic rings. The van der Waals surface area contributed by atoms with E-state index >= 15 is 0 Å². The van der Waals surface area contributed by atoms with E-state index in [9.17, 15) is 0 Å². The first-order valence-electron chi connectivity index (χ1n) is 5.50. The van der Waals surface area contributed by atoms with Gasteiger partial charge in [0.1, 0.15) is 5.51 Å². The number of halogens is 1. The van der Waals surface area contributed by atoms with Crippen LogP contribution < -0.4 is 4.90 Å². The molecule has 5 heteroatoms. The highest BCUT2D eigenvalue weighted by molar-refractivity contribution is 7.13. The summed E-state index contributed by atoms with van der Waals surface area (Å²) in [6.07, 6.45) is 6.60. The van der Waals surface area contributed by atoms with Crippen molar-refractivity contribution >= 4 is 28.1 Å². The lowest BCUT2D eigenvalue weighted by molar-refractivity contribution is 0.418. The molecule has 0 atom stereocenters. The van der Waals surface area contributed by atoms with Crippen molar-refractivity contribution in [3.8, 4) is 0 Å². The van der Waals surface area contributed by atoms with Gasteiger partial charge in [-0.1, -0.05) is 30.6 Å². The average Bonchev–Trinajstić information content (AvgIpc) is 2.80. The zero-order valence-corrected chi connectivity index (χ0v) is 10.3. The quantitative estimate of drug-likeness (QED) is 0.764. The number of alkyl halides is 1. The molecular formula is C10H16ClN3S. The Morgan fingerprint density at radius 1 is 1.40 bits per heavy atom. The molecule has 0 aliphatic heterocycles. The molecule has 84 valence electrons. The molecule has 0 spiro atoms. The Balaban J connectivity index is 2.04. The van der Waals surface area contributed by atoms with Gasteiger partial charge in [-0.25, -0.2) is 0 Å². The van der Waals surface area contributed by atoms with Crippen LogP contribution in [0.1, 0.15) is 32.1 Å². The van der Waals surface area contributed by atoms with Gasteiger partial charge in [-0.05, 0) is 12.8 Å². The first-order valence-corrected chi connectivity index (χ1v) is 6.92. The minimum absolute atomic E-state index is 0.630. The van der Waals surface area contributed by atoms with Crippen LogP contribution in [0.3, 0.4) is 0 Å². The average molecular weight is 246 g/mol. The lowest BCUT2D eigenvalue weighted by Crippen LogP contribution is -2.38. The molecule has 1 heterocycles. The van der Waals surface area contributed by atoms with Crippen LogP contribution in [0.25, 0.3) is 0 Å². The monoisotopic (exact) mass is 245 g/mol. The van der Waals surface area contributed by atoms with Crippen molar-refractivity contribution in [3.63, 3.8) is 0 Å². The fraction of sp³-hybridized carbons (Fsp3) is 0.800. The number of hydrogen-bond donors (Lipinski definition) is 0. The summed E-state index contributed by atoms with van der Waals surface area (Å²) < 4.78 is 0. The molecule has 0 saturated heterocycles. The molecule has 0 N–H and O–H groups in total. The minimum Gasteiger partial charge on any atom is -0.342 e. The third-order valence-electron chi connectivity index (χ3n) is 2.94. The third kappa shape index (κ3) is 2.82. The Morgan fingerprint density at radius 2 is 2.20 bits per heavy atom. The van der Waals surface area contributed by atoms with Crippen LogP contribution in [0.5, 0.6) is 0 Å². The molecule has 0 aromatic carbocycles. The SMILES string of the molecule is ClCCN(c1nncs1)C1CCCCC1. The van der Waals surface area contributed by atoms with E-state index < -0.39 is 0 Å². The standard InChI is InChI=1S/C10H16ClN3S/c11-6-7-14(10-13-12-8-15-10)9-4-2-1-3-5-9/h8-9H,1-7H2. The Labute approximate surface area is 99.5 Å². The zero-order valence-electron chi connectivity index (χ0n) is 8.73. The highest BCUT2D eigenvalue weighted by atomic mass is 35.5. The van der Waals surface area contributed by atoms with Gasteiger partial charge in [0, 0.05) is 18.5 Å². The molecule has 3 nitrogen and oxygen atoms in total. The lowest BCUT2D eigenvalue weighted by atomic mass is 9.94. The molecule has 1 aromatic heterocycles. The largest absolute Gasteiger partial charge is 0.342 e. The highest BCUT2D eigenvalue weighted by Crippen LogP contribution is 2.27. The number of hydrogen-bond acceptors (Lipinski definition) is 4. The Bertz CT molecular complexity index is 272. The molecule has 0 bridgehead atoms. The molecule has 0 unspecified atom stereocenters. The fourth-order valence-corrected chi connectivity index (χ4v) is 3.05. The van der Waals surface area contributed by atoms with Crippen LogP contribution in [-0.2, 0) is 0 Å². The highest BCUT2D eigenvalue weighted by Gasteiger charge is 2.22. The van der Waals surface area contributed by atoms with Crippen LogP contribution in [0.4, 0.5) is 5.13 Å². The van der Waals surface area contributed by atoms with Gasteiger partial charge >= 0.3 is 0 Å². The van der Waals surface area contributed by atoms with Crippen molar-refractivity contribution in [1.29, 1.82) is 0 Å². The number of aromatic nitrogens is 2. The predicted octanol–water partition coefficient (Wildman–Crippen LogP) is 2.92. The maximum absolute atomic E-state index is 5.85. The summed E-state index contributed by atoms with van der Waals surface area (Å²) in [5, 5.41) is 9.08. The smallest absolute Gasteiger partial charge is 0.208 e. The summed E-state index contributed by atoms with van der Waals surface area (Å²) in [7, 11) is 0. The van der Waals surface area contributed by atoms with Gasteiger partial charge in [0.2, 0.25) is 5.13 Å². The number of rotatable bonds is 4. The Hall–Kier alpha value is -0.350.